The van der Waals surface area contributed by atoms with Gasteiger partial charge in [0.25, 0.3) is 0 Å². The molecule has 1 aliphatic heterocycles. The lowest BCUT2D eigenvalue weighted by atomic mass is 10.1. The van der Waals surface area contributed by atoms with Gasteiger partial charge in [-0.3, -0.25) is 4.90 Å². The highest BCUT2D eigenvalue weighted by Crippen LogP contribution is 2.48. The summed E-state index contributed by atoms with van der Waals surface area (Å²) in [6.07, 6.45) is 1.70. The van der Waals surface area contributed by atoms with Crippen LogP contribution in [0.3, 0.4) is 0 Å². The molecule has 0 N–H and O–H groups in total. The Hall–Kier alpha value is -2.57. The zero-order chi connectivity index (χ0) is 15.1. The predicted molar refractivity (Wildman–Crippen MR) is 70.5 cm³/mol. The lowest BCUT2D eigenvalue weighted by molar-refractivity contribution is 0.0595. The molecule has 1 aliphatic carbocycles. The van der Waals surface area contributed by atoms with Crippen molar-refractivity contribution in [1.82, 2.24) is 4.90 Å². The number of methoxy groups -OCH3 is 1. The van der Waals surface area contributed by atoms with Gasteiger partial charge in [-0.25, -0.2) is 14.4 Å². The molecule has 2 aliphatic rings. The molecule has 3 rings (SSSR count). The first-order valence-electron chi connectivity index (χ1n) is 6.49. The third kappa shape index (κ3) is 1.93. The summed E-state index contributed by atoms with van der Waals surface area (Å²) in [5.74, 6) is -0.329. The fraction of sp³-hybridized carbons (Fsp3) is 0.357. The molecule has 110 valence electrons. The zero-order valence-corrected chi connectivity index (χ0v) is 11.5. The van der Waals surface area contributed by atoms with Gasteiger partial charge in [-0.05, 0) is 13.0 Å². The molecular weight excluding hydrogens is 278 g/mol. The highest BCUT2D eigenvalue weighted by molar-refractivity contribution is 5.90. The van der Waals surface area contributed by atoms with Crippen molar-refractivity contribution in [3.63, 3.8) is 0 Å². The van der Waals surface area contributed by atoms with Crippen LogP contribution >= 0.6 is 0 Å². The Bertz CT molecular complexity index is 717. The lowest BCUT2D eigenvalue weighted by Gasteiger charge is -2.23. The highest BCUT2D eigenvalue weighted by Gasteiger charge is 2.42. The summed E-state index contributed by atoms with van der Waals surface area (Å²) in [7, 11) is 1.19. The van der Waals surface area contributed by atoms with Gasteiger partial charge in [0.1, 0.15) is 11.3 Å². The number of esters is 1. The van der Waals surface area contributed by atoms with Crippen molar-refractivity contribution in [1.29, 1.82) is 0 Å². The molecule has 7 heteroatoms. The second kappa shape index (κ2) is 4.76. The number of fused-ring (bicyclic) bond motifs is 5. The van der Waals surface area contributed by atoms with E-state index in [0.717, 1.165) is 5.57 Å². The van der Waals surface area contributed by atoms with E-state index in [1.165, 1.54) is 18.1 Å². The van der Waals surface area contributed by atoms with Crippen LogP contribution in [0.15, 0.2) is 21.5 Å². The average Bonchev–Trinajstić information content (AvgIpc) is 3.04. The quantitative estimate of drug-likeness (QED) is 0.771. The van der Waals surface area contributed by atoms with Crippen molar-refractivity contribution in [2.75, 3.05) is 13.7 Å². The molecule has 1 amide bonds. The molecule has 0 spiro atoms. The fourth-order valence-electron chi connectivity index (χ4n) is 2.64. The van der Waals surface area contributed by atoms with E-state index in [1.807, 2.05) is 0 Å². The van der Waals surface area contributed by atoms with Gasteiger partial charge in [-0.15, -0.1) is 0 Å². The van der Waals surface area contributed by atoms with Crippen molar-refractivity contribution in [3.8, 4) is 0 Å². The molecule has 0 saturated carbocycles. The molecular formula is C14H13NO6. The van der Waals surface area contributed by atoms with Crippen LogP contribution in [0.25, 0.3) is 5.57 Å². The molecule has 0 fully saturated rings. The van der Waals surface area contributed by atoms with Gasteiger partial charge in [0.15, 0.2) is 0 Å². The average molecular weight is 291 g/mol. The number of carbonyl (C=O) groups excluding carboxylic acids is 2. The van der Waals surface area contributed by atoms with E-state index in [0.29, 0.717) is 17.7 Å². The molecule has 0 radical (unpaired) electrons. The number of carbonyl (C=O) groups is 2. The van der Waals surface area contributed by atoms with Gasteiger partial charge in [0.2, 0.25) is 0 Å². The van der Waals surface area contributed by atoms with Crippen molar-refractivity contribution < 1.29 is 23.5 Å². The third-order valence-electron chi connectivity index (χ3n) is 3.56. The molecule has 1 aromatic rings. The van der Waals surface area contributed by atoms with E-state index in [9.17, 15) is 14.4 Å². The molecule has 1 atom stereocenters. The summed E-state index contributed by atoms with van der Waals surface area (Å²) >= 11 is 0. The number of ether oxygens (including phenoxy) is 2. The van der Waals surface area contributed by atoms with E-state index in [-0.39, 0.29) is 18.2 Å². The largest absolute Gasteiger partial charge is 0.465 e. The van der Waals surface area contributed by atoms with Gasteiger partial charge < -0.3 is 13.9 Å². The van der Waals surface area contributed by atoms with Crippen LogP contribution in [0.5, 0.6) is 0 Å². The van der Waals surface area contributed by atoms with Gasteiger partial charge in [-0.1, -0.05) is 0 Å². The van der Waals surface area contributed by atoms with E-state index in [2.05, 4.69) is 4.74 Å². The Labute approximate surface area is 119 Å². The monoisotopic (exact) mass is 291 g/mol. The SMILES string of the molecule is CCOC(=O)N1C=C2CC1c1cc(C(=O)OC)c(=O)oc12. The first kappa shape index (κ1) is 13.4. The van der Waals surface area contributed by atoms with Crippen LogP contribution in [-0.2, 0) is 9.47 Å². The minimum absolute atomic E-state index is 0.173. The summed E-state index contributed by atoms with van der Waals surface area (Å²) in [6.45, 7) is 2.00. The molecule has 21 heavy (non-hydrogen) atoms. The Morgan fingerprint density at radius 2 is 2.24 bits per heavy atom. The lowest BCUT2D eigenvalue weighted by Crippen LogP contribution is -2.29. The first-order valence-corrected chi connectivity index (χ1v) is 6.49. The topological polar surface area (TPSA) is 86.0 Å². The number of hydrogen-bond donors (Lipinski definition) is 0. The van der Waals surface area contributed by atoms with Crippen LogP contribution in [0.4, 0.5) is 4.79 Å². The zero-order valence-electron chi connectivity index (χ0n) is 11.5. The Morgan fingerprint density at radius 1 is 1.48 bits per heavy atom. The molecule has 7 nitrogen and oxygen atoms in total. The van der Waals surface area contributed by atoms with Crippen LogP contribution < -0.4 is 5.63 Å². The molecule has 2 bridgehead atoms. The Balaban J connectivity index is 2.03. The summed E-state index contributed by atoms with van der Waals surface area (Å²) in [6, 6.07) is 1.13. The van der Waals surface area contributed by atoms with E-state index in [4.69, 9.17) is 9.15 Å². The van der Waals surface area contributed by atoms with Gasteiger partial charge in [-0.2, -0.15) is 0 Å². The van der Waals surface area contributed by atoms with Crippen LogP contribution in [0, 0.1) is 0 Å². The van der Waals surface area contributed by atoms with Gasteiger partial charge in [0.05, 0.1) is 19.8 Å². The smallest absolute Gasteiger partial charge is 0.414 e. The van der Waals surface area contributed by atoms with E-state index in [1.54, 1.807) is 13.1 Å². The van der Waals surface area contributed by atoms with E-state index >= 15 is 0 Å². The maximum Gasteiger partial charge on any atom is 0.414 e. The first-order chi connectivity index (χ1) is 10.1. The second-order valence-corrected chi connectivity index (χ2v) is 4.70. The molecule has 0 aromatic carbocycles. The minimum atomic E-state index is -0.758. The van der Waals surface area contributed by atoms with E-state index < -0.39 is 17.7 Å². The fourth-order valence-corrected chi connectivity index (χ4v) is 2.64. The van der Waals surface area contributed by atoms with Crippen molar-refractivity contribution in [2.24, 2.45) is 0 Å². The second-order valence-electron chi connectivity index (χ2n) is 4.70. The molecule has 2 heterocycles. The van der Waals surface area contributed by atoms with Gasteiger partial charge in [0, 0.05) is 23.8 Å². The number of rotatable bonds is 2. The van der Waals surface area contributed by atoms with Crippen molar-refractivity contribution in [3.05, 3.63) is 39.6 Å². The third-order valence-corrected chi connectivity index (χ3v) is 3.56. The summed E-state index contributed by atoms with van der Waals surface area (Å²) in [5, 5.41) is 0. The van der Waals surface area contributed by atoms with Crippen LogP contribution in [0.1, 0.15) is 41.1 Å². The minimum Gasteiger partial charge on any atom is -0.465 e. The number of amides is 1. The predicted octanol–water partition coefficient (Wildman–Crippen LogP) is 1.68. The van der Waals surface area contributed by atoms with Crippen molar-refractivity contribution in [2.45, 2.75) is 19.4 Å². The Morgan fingerprint density at radius 3 is 2.90 bits per heavy atom. The molecule has 1 aromatic heterocycles. The highest BCUT2D eigenvalue weighted by atomic mass is 16.6. The van der Waals surface area contributed by atoms with Crippen molar-refractivity contribution >= 4 is 17.6 Å². The summed E-state index contributed by atoms with van der Waals surface area (Å²) < 4.78 is 14.7. The van der Waals surface area contributed by atoms with Crippen LogP contribution in [0.2, 0.25) is 0 Å². The van der Waals surface area contributed by atoms with Crippen LogP contribution in [-0.4, -0.2) is 30.7 Å². The Kier molecular flexibility index (Phi) is 3.04. The standard InChI is InChI=1S/C14H13NO6/c1-3-20-14(18)15-6-7-4-10(15)8-5-9(12(16)19-2)13(17)21-11(7)8/h5-6,10H,3-4H2,1-2H3. The summed E-state index contributed by atoms with van der Waals surface area (Å²) in [5.41, 5.74) is 0.460. The molecule has 1 unspecified atom stereocenters. The maximum absolute atomic E-state index is 11.9. The number of nitrogens with zero attached hydrogens (tertiary/aromatic N) is 1. The maximum atomic E-state index is 11.9. The number of hydrogen-bond acceptors (Lipinski definition) is 6. The van der Waals surface area contributed by atoms with Gasteiger partial charge >= 0.3 is 17.7 Å². The summed E-state index contributed by atoms with van der Waals surface area (Å²) in [4.78, 5) is 36.6. The molecule has 0 saturated heterocycles. The normalized spacial score (nSPS) is 18.3.